The Morgan fingerprint density at radius 3 is 3.06 bits per heavy atom. The molecule has 0 aliphatic carbocycles. The first-order chi connectivity index (χ1) is 8.66. The van der Waals surface area contributed by atoms with E-state index >= 15 is 0 Å². The molecule has 1 atom stereocenters. The van der Waals surface area contributed by atoms with Crippen molar-refractivity contribution >= 4 is 5.97 Å². The van der Waals surface area contributed by atoms with Crippen molar-refractivity contribution in [2.24, 2.45) is 0 Å². The lowest BCUT2D eigenvalue weighted by Gasteiger charge is -2.09. The first kappa shape index (κ1) is 13.1. The molecule has 18 heavy (non-hydrogen) atoms. The Morgan fingerprint density at radius 1 is 1.61 bits per heavy atom. The number of aromatic carboxylic acids is 1. The van der Waals surface area contributed by atoms with E-state index in [1.165, 1.54) is 0 Å². The number of hydrogen-bond donors (Lipinski definition) is 2. The zero-order chi connectivity index (χ0) is 13.0. The molecular formula is C13H19NO4. The Labute approximate surface area is 106 Å². The minimum Gasteiger partial charge on any atom is -0.475 e. The van der Waals surface area contributed by atoms with Crippen LogP contribution < -0.4 is 5.32 Å². The third-order valence-electron chi connectivity index (χ3n) is 3.21. The van der Waals surface area contributed by atoms with Crippen molar-refractivity contribution in [1.29, 1.82) is 0 Å². The topological polar surface area (TPSA) is 71.7 Å². The third-order valence-corrected chi connectivity index (χ3v) is 3.21. The summed E-state index contributed by atoms with van der Waals surface area (Å²) >= 11 is 0. The van der Waals surface area contributed by atoms with E-state index in [0.29, 0.717) is 18.4 Å². The molecule has 0 bridgehead atoms. The quantitative estimate of drug-likeness (QED) is 0.758. The molecule has 0 aromatic carbocycles. The monoisotopic (exact) mass is 253 g/mol. The molecule has 1 unspecified atom stereocenters. The molecule has 1 aromatic heterocycles. The van der Waals surface area contributed by atoms with Crippen molar-refractivity contribution < 1.29 is 19.1 Å². The number of rotatable bonds is 6. The average Bonchev–Trinajstić information content (AvgIpc) is 2.94. The average molecular weight is 253 g/mol. The second-order valence-corrected chi connectivity index (χ2v) is 4.60. The predicted octanol–water partition coefficient (Wildman–Crippen LogP) is 1.94. The van der Waals surface area contributed by atoms with Crippen LogP contribution in [0.1, 0.15) is 41.1 Å². The third kappa shape index (κ3) is 3.34. The number of furan rings is 1. The minimum atomic E-state index is -1.02. The minimum absolute atomic E-state index is 0.00317. The molecule has 2 heterocycles. The highest BCUT2D eigenvalue weighted by Gasteiger charge is 2.15. The summed E-state index contributed by atoms with van der Waals surface area (Å²) in [6.45, 7) is 4.17. The summed E-state index contributed by atoms with van der Waals surface area (Å²) in [5.41, 5.74) is 0.903. The molecule has 0 saturated carbocycles. The van der Waals surface area contributed by atoms with Crippen molar-refractivity contribution in [2.45, 2.75) is 38.8 Å². The first-order valence-electron chi connectivity index (χ1n) is 6.31. The summed E-state index contributed by atoms with van der Waals surface area (Å²) in [6, 6.07) is 1.58. The summed E-state index contributed by atoms with van der Waals surface area (Å²) in [4.78, 5) is 10.7. The molecule has 0 amide bonds. The van der Waals surface area contributed by atoms with Crippen LogP contribution in [0.4, 0.5) is 0 Å². The Morgan fingerprint density at radius 2 is 2.44 bits per heavy atom. The first-order valence-corrected chi connectivity index (χ1v) is 6.31. The van der Waals surface area contributed by atoms with Crippen LogP contribution in [0.3, 0.4) is 0 Å². The van der Waals surface area contributed by atoms with Crippen molar-refractivity contribution in [2.75, 3.05) is 13.2 Å². The molecule has 1 saturated heterocycles. The van der Waals surface area contributed by atoms with Gasteiger partial charge in [-0.2, -0.15) is 0 Å². The van der Waals surface area contributed by atoms with Crippen LogP contribution in [-0.4, -0.2) is 30.3 Å². The van der Waals surface area contributed by atoms with Crippen LogP contribution in [0.2, 0.25) is 0 Å². The smallest absolute Gasteiger partial charge is 0.371 e. The van der Waals surface area contributed by atoms with Crippen LogP contribution in [0.5, 0.6) is 0 Å². The molecule has 2 rings (SSSR count). The molecule has 2 N–H and O–H groups in total. The van der Waals surface area contributed by atoms with E-state index in [2.05, 4.69) is 5.32 Å². The Kier molecular flexibility index (Phi) is 4.38. The standard InChI is InChI=1S/C13H19NO4/c1-9-10(7-12(18-9)13(15)16)8-14-5-4-11-3-2-6-17-11/h7,11,14H,2-6,8H2,1H3,(H,15,16). The summed E-state index contributed by atoms with van der Waals surface area (Å²) in [6.07, 6.45) is 3.70. The van der Waals surface area contributed by atoms with Gasteiger partial charge in [0.15, 0.2) is 0 Å². The van der Waals surface area contributed by atoms with Crippen LogP contribution >= 0.6 is 0 Å². The fraction of sp³-hybridized carbons (Fsp3) is 0.615. The van der Waals surface area contributed by atoms with Gasteiger partial charge in [-0.05, 0) is 38.8 Å². The highest BCUT2D eigenvalue weighted by molar-refractivity contribution is 5.84. The Hall–Kier alpha value is -1.33. The number of nitrogens with one attached hydrogen (secondary N) is 1. The van der Waals surface area contributed by atoms with E-state index in [9.17, 15) is 4.79 Å². The second-order valence-electron chi connectivity index (χ2n) is 4.60. The molecule has 0 spiro atoms. The van der Waals surface area contributed by atoms with Crippen molar-refractivity contribution in [3.8, 4) is 0 Å². The molecule has 1 fully saturated rings. The zero-order valence-electron chi connectivity index (χ0n) is 10.6. The summed E-state index contributed by atoms with van der Waals surface area (Å²) in [5.74, 6) is -0.357. The van der Waals surface area contributed by atoms with Gasteiger partial charge < -0.3 is 19.6 Å². The molecule has 5 heteroatoms. The number of carboxylic acids is 1. The van der Waals surface area contributed by atoms with Crippen LogP contribution in [0, 0.1) is 6.92 Å². The lowest BCUT2D eigenvalue weighted by atomic mass is 10.2. The van der Waals surface area contributed by atoms with Gasteiger partial charge in [-0.3, -0.25) is 0 Å². The van der Waals surface area contributed by atoms with Gasteiger partial charge in [0.2, 0.25) is 5.76 Å². The van der Waals surface area contributed by atoms with E-state index in [-0.39, 0.29) is 5.76 Å². The number of hydrogen-bond acceptors (Lipinski definition) is 4. The molecule has 5 nitrogen and oxygen atoms in total. The van der Waals surface area contributed by atoms with Gasteiger partial charge in [-0.25, -0.2) is 4.79 Å². The van der Waals surface area contributed by atoms with E-state index in [1.54, 1.807) is 13.0 Å². The number of carbonyl (C=O) groups is 1. The molecule has 0 radical (unpaired) electrons. The highest BCUT2D eigenvalue weighted by atomic mass is 16.5. The van der Waals surface area contributed by atoms with Crippen molar-refractivity contribution in [3.05, 3.63) is 23.2 Å². The molecule has 100 valence electrons. The van der Waals surface area contributed by atoms with Crippen LogP contribution in [-0.2, 0) is 11.3 Å². The van der Waals surface area contributed by atoms with Gasteiger partial charge in [0.05, 0.1) is 6.10 Å². The molecule has 1 aromatic rings. The van der Waals surface area contributed by atoms with E-state index in [0.717, 1.165) is 38.0 Å². The van der Waals surface area contributed by atoms with Crippen molar-refractivity contribution in [3.63, 3.8) is 0 Å². The van der Waals surface area contributed by atoms with Gasteiger partial charge in [0, 0.05) is 18.7 Å². The van der Waals surface area contributed by atoms with Gasteiger partial charge in [-0.1, -0.05) is 0 Å². The van der Waals surface area contributed by atoms with Crippen LogP contribution in [0.25, 0.3) is 0 Å². The number of aryl methyl sites for hydroxylation is 1. The fourth-order valence-electron chi connectivity index (χ4n) is 2.16. The number of ether oxygens (including phenoxy) is 1. The summed E-state index contributed by atoms with van der Waals surface area (Å²) < 4.78 is 10.7. The van der Waals surface area contributed by atoms with Gasteiger partial charge >= 0.3 is 5.97 Å². The van der Waals surface area contributed by atoms with Gasteiger partial charge in [0.1, 0.15) is 5.76 Å². The maximum atomic E-state index is 10.7. The molecule has 1 aliphatic rings. The summed E-state index contributed by atoms with van der Waals surface area (Å²) in [7, 11) is 0. The van der Waals surface area contributed by atoms with Crippen LogP contribution in [0.15, 0.2) is 10.5 Å². The largest absolute Gasteiger partial charge is 0.475 e. The Balaban J connectivity index is 1.74. The Bertz CT molecular complexity index is 407. The van der Waals surface area contributed by atoms with E-state index < -0.39 is 5.97 Å². The van der Waals surface area contributed by atoms with Gasteiger partial charge in [0.25, 0.3) is 0 Å². The molecular weight excluding hydrogens is 234 g/mol. The van der Waals surface area contributed by atoms with E-state index in [1.807, 2.05) is 0 Å². The summed E-state index contributed by atoms with van der Waals surface area (Å²) in [5, 5.41) is 12.1. The predicted molar refractivity (Wildman–Crippen MR) is 65.7 cm³/mol. The van der Waals surface area contributed by atoms with Crippen molar-refractivity contribution in [1.82, 2.24) is 5.32 Å². The maximum absolute atomic E-state index is 10.7. The lowest BCUT2D eigenvalue weighted by molar-refractivity contribution is 0.0661. The lowest BCUT2D eigenvalue weighted by Crippen LogP contribution is -2.19. The molecule has 1 aliphatic heterocycles. The van der Waals surface area contributed by atoms with Gasteiger partial charge in [-0.15, -0.1) is 0 Å². The normalized spacial score (nSPS) is 19.3. The number of carboxylic acid groups (broad SMARTS) is 1. The fourth-order valence-corrected chi connectivity index (χ4v) is 2.16. The van der Waals surface area contributed by atoms with E-state index in [4.69, 9.17) is 14.3 Å². The second kappa shape index (κ2) is 6.02. The maximum Gasteiger partial charge on any atom is 0.371 e. The highest BCUT2D eigenvalue weighted by Crippen LogP contribution is 2.16. The zero-order valence-corrected chi connectivity index (χ0v) is 10.6. The SMILES string of the molecule is Cc1oc(C(=O)O)cc1CNCCC1CCCO1.